The van der Waals surface area contributed by atoms with Crippen LogP contribution in [0.25, 0.3) is 11.1 Å². The van der Waals surface area contributed by atoms with Crippen LogP contribution in [0.4, 0.5) is 0 Å². The summed E-state index contributed by atoms with van der Waals surface area (Å²) in [6.45, 7) is 7.55. The van der Waals surface area contributed by atoms with Gasteiger partial charge in [0.25, 0.3) is 0 Å². The third kappa shape index (κ3) is 4.98. The molecule has 3 rings (SSSR count). The quantitative estimate of drug-likeness (QED) is 0.549. The summed E-state index contributed by atoms with van der Waals surface area (Å²) < 4.78 is 2.12. The number of piperidine rings is 1. The number of benzene rings is 2. The van der Waals surface area contributed by atoms with Crippen LogP contribution in [0.3, 0.4) is 0 Å². The predicted octanol–water partition coefficient (Wildman–Crippen LogP) is 6.21. The molecule has 1 N–H and O–H groups in total. The van der Waals surface area contributed by atoms with Crippen LogP contribution < -0.4 is 0 Å². The van der Waals surface area contributed by atoms with E-state index in [-0.39, 0.29) is 0 Å². The molecule has 140 valence electrons. The zero-order chi connectivity index (χ0) is 18.7. The van der Waals surface area contributed by atoms with Gasteiger partial charge in [-0.05, 0) is 74.0 Å². The Labute approximate surface area is 173 Å². The highest BCUT2D eigenvalue weighted by molar-refractivity contribution is 9.11. The highest BCUT2D eigenvalue weighted by Gasteiger charge is 2.25. The fraction of sp³-hybridized carbons (Fsp3) is 0.455. The normalized spacial score (nSPS) is 18.7. The molecule has 0 radical (unpaired) electrons. The zero-order valence-corrected chi connectivity index (χ0v) is 18.7. The van der Waals surface area contributed by atoms with Crippen molar-refractivity contribution in [3.63, 3.8) is 0 Å². The van der Waals surface area contributed by atoms with Crippen LogP contribution in [-0.2, 0) is 5.60 Å². The molecule has 0 amide bonds. The lowest BCUT2D eigenvalue weighted by Gasteiger charge is -2.33. The van der Waals surface area contributed by atoms with Crippen LogP contribution in [0.1, 0.15) is 38.7 Å². The van der Waals surface area contributed by atoms with Crippen LogP contribution in [0, 0.1) is 5.92 Å². The average Bonchev–Trinajstić information content (AvgIpc) is 2.61. The van der Waals surface area contributed by atoms with Gasteiger partial charge in [-0.1, -0.05) is 69.1 Å². The van der Waals surface area contributed by atoms with Crippen LogP contribution in [0.15, 0.2) is 51.4 Å². The first-order valence-electron chi connectivity index (χ1n) is 9.36. The van der Waals surface area contributed by atoms with Gasteiger partial charge in [-0.3, -0.25) is 0 Å². The first-order chi connectivity index (χ1) is 12.3. The summed E-state index contributed by atoms with van der Waals surface area (Å²) in [5.74, 6) is 0.845. The number of aliphatic hydroxyl groups is 1. The molecule has 1 heterocycles. The highest BCUT2D eigenvalue weighted by atomic mass is 79.9. The average molecular weight is 481 g/mol. The van der Waals surface area contributed by atoms with Crippen molar-refractivity contribution in [1.29, 1.82) is 0 Å². The molecule has 2 nitrogen and oxygen atoms in total. The lowest BCUT2D eigenvalue weighted by molar-refractivity contribution is 0.0320. The van der Waals surface area contributed by atoms with Gasteiger partial charge in [-0.2, -0.15) is 0 Å². The van der Waals surface area contributed by atoms with E-state index in [2.05, 4.69) is 80.1 Å². The second-order valence-electron chi connectivity index (χ2n) is 7.75. The smallest absolute Gasteiger partial charge is 0.0880 e. The van der Waals surface area contributed by atoms with Crippen LogP contribution in [0.2, 0.25) is 0 Å². The highest BCUT2D eigenvalue weighted by Crippen LogP contribution is 2.33. The molecule has 1 aliphatic rings. The maximum atomic E-state index is 11.0. The number of likely N-dealkylation sites (tertiary alicyclic amines) is 1. The molecule has 2 aromatic carbocycles. The summed E-state index contributed by atoms with van der Waals surface area (Å²) in [5.41, 5.74) is 2.49. The standard InChI is InChI=1S/C22H27Br2NO/c1-16-9-12-25(13-10-16)14-11-22(2,26)18-5-3-17(4-6-18)20-8-7-19(23)15-21(20)24/h3-8,15-16,26H,9-14H2,1-2H3. The molecular formula is C22H27Br2NO. The number of halogens is 2. The summed E-state index contributed by atoms with van der Waals surface area (Å²) in [7, 11) is 0. The minimum Gasteiger partial charge on any atom is -0.385 e. The van der Waals surface area contributed by atoms with E-state index in [4.69, 9.17) is 0 Å². The topological polar surface area (TPSA) is 23.5 Å². The Kier molecular flexibility index (Phi) is 6.60. The number of hydrogen-bond acceptors (Lipinski definition) is 2. The van der Waals surface area contributed by atoms with Crippen LogP contribution >= 0.6 is 31.9 Å². The zero-order valence-electron chi connectivity index (χ0n) is 15.5. The summed E-state index contributed by atoms with van der Waals surface area (Å²) in [6.07, 6.45) is 3.32. The van der Waals surface area contributed by atoms with Gasteiger partial charge < -0.3 is 10.0 Å². The van der Waals surface area contributed by atoms with Crippen molar-refractivity contribution in [3.8, 4) is 11.1 Å². The van der Waals surface area contributed by atoms with Gasteiger partial charge in [0.05, 0.1) is 5.60 Å². The molecule has 1 aliphatic heterocycles. The Morgan fingerprint density at radius 3 is 2.35 bits per heavy atom. The van der Waals surface area contributed by atoms with Gasteiger partial charge in [0.2, 0.25) is 0 Å². The first kappa shape index (κ1) is 20.1. The van der Waals surface area contributed by atoms with Gasteiger partial charge in [0.15, 0.2) is 0 Å². The van der Waals surface area contributed by atoms with E-state index < -0.39 is 5.60 Å². The molecule has 1 unspecified atom stereocenters. The number of rotatable bonds is 5. The van der Waals surface area contributed by atoms with E-state index in [1.165, 1.54) is 12.8 Å². The minimum absolute atomic E-state index is 0.767. The summed E-state index contributed by atoms with van der Waals surface area (Å²) in [5, 5.41) is 11.0. The molecule has 1 saturated heterocycles. The Bertz CT molecular complexity index is 734. The Morgan fingerprint density at radius 2 is 1.73 bits per heavy atom. The van der Waals surface area contributed by atoms with Crippen molar-refractivity contribution >= 4 is 31.9 Å². The number of nitrogens with zero attached hydrogens (tertiary/aromatic N) is 1. The molecule has 4 heteroatoms. The minimum atomic E-state index is -0.793. The molecular weight excluding hydrogens is 454 g/mol. The molecule has 2 aromatic rings. The molecule has 0 aromatic heterocycles. The van der Waals surface area contributed by atoms with Gasteiger partial charge in [-0.15, -0.1) is 0 Å². The molecule has 0 bridgehead atoms. The molecule has 26 heavy (non-hydrogen) atoms. The molecule has 1 atom stereocenters. The Hall–Kier alpha value is -0.680. The lowest BCUT2D eigenvalue weighted by Crippen LogP contribution is -2.36. The van der Waals surface area contributed by atoms with E-state index in [9.17, 15) is 5.11 Å². The van der Waals surface area contributed by atoms with Crippen molar-refractivity contribution in [2.75, 3.05) is 19.6 Å². The van der Waals surface area contributed by atoms with E-state index in [0.29, 0.717) is 0 Å². The second kappa shape index (κ2) is 8.55. The van der Waals surface area contributed by atoms with Crippen molar-refractivity contribution in [3.05, 3.63) is 57.0 Å². The lowest BCUT2D eigenvalue weighted by atomic mass is 9.90. The third-order valence-electron chi connectivity index (χ3n) is 5.54. The van der Waals surface area contributed by atoms with Gasteiger partial charge in [-0.25, -0.2) is 0 Å². The number of hydrogen-bond donors (Lipinski definition) is 1. The third-order valence-corrected chi connectivity index (χ3v) is 6.69. The van der Waals surface area contributed by atoms with E-state index in [0.717, 1.165) is 57.6 Å². The summed E-state index contributed by atoms with van der Waals surface area (Å²) in [6, 6.07) is 14.5. The van der Waals surface area contributed by atoms with Gasteiger partial charge in [0, 0.05) is 15.5 Å². The second-order valence-corrected chi connectivity index (χ2v) is 9.52. The van der Waals surface area contributed by atoms with Crippen molar-refractivity contribution in [1.82, 2.24) is 4.90 Å². The fourth-order valence-corrected chi connectivity index (χ4v) is 4.81. The van der Waals surface area contributed by atoms with Crippen LogP contribution in [-0.4, -0.2) is 29.6 Å². The molecule has 0 aliphatic carbocycles. The first-order valence-corrected chi connectivity index (χ1v) is 10.9. The SMILES string of the molecule is CC1CCN(CCC(C)(O)c2ccc(-c3ccc(Br)cc3Br)cc2)CC1. The molecule has 1 fully saturated rings. The maximum absolute atomic E-state index is 11.0. The Morgan fingerprint density at radius 1 is 1.08 bits per heavy atom. The molecule has 0 saturated carbocycles. The van der Waals surface area contributed by atoms with E-state index >= 15 is 0 Å². The van der Waals surface area contributed by atoms with Crippen molar-refractivity contribution in [2.45, 2.75) is 38.7 Å². The van der Waals surface area contributed by atoms with Crippen LogP contribution in [0.5, 0.6) is 0 Å². The summed E-state index contributed by atoms with van der Waals surface area (Å²) >= 11 is 7.12. The maximum Gasteiger partial charge on any atom is 0.0880 e. The van der Waals surface area contributed by atoms with E-state index in [1.54, 1.807) is 0 Å². The van der Waals surface area contributed by atoms with Crippen molar-refractivity contribution in [2.24, 2.45) is 5.92 Å². The van der Waals surface area contributed by atoms with E-state index in [1.807, 2.05) is 13.0 Å². The fourth-order valence-electron chi connectivity index (χ4n) is 3.54. The van der Waals surface area contributed by atoms with Gasteiger partial charge in [0.1, 0.15) is 0 Å². The largest absolute Gasteiger partial charge is 0.385 e. The summed E-state index contributed by atoms with van der Waals surface area (Å²) in [4.78, 5) is 2.49. The van der Waals surface area contributed by atoms with Crippen molar-refractivity contribution < 1.29 is 5.11 Å². The predicted molar refractivity (Wildman–Crippen MR) is 116 cm³/mol. The van der Waals surface area contributed by atoms with Gasteiger partial charge >= 0.3 is 0 Å². The monoisotopic (exact) mass is 479 g/mol. The molecule has 0 spiro atoms. The Balaban J connectivity index is 1.66.